The first-order valence-corrected chi connectivity index (χ1v) is 7.44. The number of anilines is 1. The van der Waals surface area contributed by atoms with Crippen LogP contribution in [0.3, 0.4) is 0 Å². The molecule has 1 aromatic carbocycles. The van der Waals surface area contributed by atoms with Crippen molar-refractivity contribution in [3.63, 3.8) is 0 Å². The summed E-state index contributed by atoms with van der Waals surface area (Å²) < 4.78 is 6.25. The Bertz CT molecular complexity index is 513. The Balaban J connectivity index is 1.86. The molecule has 2 aliphatic carbocycles. The van der Waals surface area contributed by atoms with Gasteiger partial charge >= 0.3 is 0 Å². The van der Waals surface area contributed by atoms with Crippen molar-refractivity contribution in [3.8, 4) is 5.75 Å². The maximum Gasteiger partial charge on any atom is 0.138 e. The number of nitrogen functional groups attached to an aromatic ring is 1. The third-order valence-electron chi connectivity index (χ3n) is 5.94. The van der Waals surface area contributed by atoms with E-state index in [1.165, 1.54) is 12.8 Å². The number of benzene rings is 1. The first-order chi connectivity index (χ1) is 8.84. The van der Waals surface area contributed by atoms with E-state index in [0.29, 0.717) is 16.1 Å². The second-order valence-corrected chi connectivity index (χ2v) is 7.31. The van der Waals surface area contributed by atoms with Crippen LogP contribution >= 0.6 is 11.6 Å². The number of halogens is 1. The van der Waals surface area contributed by atoms with Crippen LogP contribution in [0.2, 0.25) is 5.02 Å². The molecule has 3 rings (SSSR count). The molecule has 3 atom stereocenters. The molecule has 0 spiro atoms. The van der Waals surface area contributed by atoms with Gasteiger partial charge in [0.1, 0.15) is 11.9 Å². The maximum atomic E-state index is 6.25. The lowest BCUT2D eigenvalue weighted by Gasteiger charge is -2.39. The lowest BCUT2D eigenvalue weighted by atomic mass is 9.70. The molecule has 19 heavy (non-hydrogen) atoms. The topological polar surface area (TPSA) is 35.2 Å². The standard InChI is InChI=1S/C16H22ClNO/c1-15(2)10-6-7-16(15,3)14(8-10)19-13-5-4-11(18)9-12(13)17/h4-5,9-10,14H,6-8,18H2,1-3H3. The van der Waals surface area contributed by atoms with Gasteiger partial charge in [-0.2, -0.15) is 0 Å². The molecule has 0 radical (unpaired) electrons. The van der Waals surface area contributed by atoms with Gasteiger partial charge in [0.15, 0.2) is 0 Å². The number of nitrogens with two attached hydrogens (primary N) is 1. The minimum atomic E-state index is 0.252. The number of hydrogen-bond acceptors (Lipinski definition) is 2. The van der Waals surface area contributed by atoms with Gasteiger partial charge in [-0.25, -0.2) is 0 Å². The van der Waals surface area contributed by atoms with Gasteiger partial charge in [-0.05, 0) is 48.8 Å². The molecule has 3 heteroatoms. The maximum absolute atomic E-state index is 6.25. The molecule has 104 valence electrons. The third-order valence-corrected chi connectivity index (χ3v) is 6.23. The van der Waals surface area contributed by atoms with Crippen LogP contribution < -0.4 is 10.5 Å². The summed E-state index contributed by atoms with van der Waals surface area (Å²) >= 11 is 6.22. The summed E-state index contributed by atoms with van der Waals surface area (Å²) in [6.45, 7) is 7.15. The number of fused-ring (bicyclic) bond motifs is 2. The lowest BCUT2D eigenvalue weighted by Crippen LogP contribution is -2.38. The first-order valence-electron chi connectivity index (χ1n) is 7.06. The minimum absolute atomic E-state index is 0.252. The largest absolute Gasteiger partial charge is 0.488 e. The van der Waals surface area contributed by atoms with Crippen LogP contribution in [-0.2, 0) is 0 Å². The van der Waals surface area contributed by atoms with Crippen molar-refractivity contribution in [1.29, 1.82) is 0 Å². The summed E-state index contributed by atoms with van der Waals surface area (Å²) in [5, 5.41) is 0.615. The van der Waals surface area contributed by atoms with E-state index >= 15 is 0 Å². The van der Waals surface area contributed by atoms with Crippen molar-refractivity contribution in [2.75, 3.05) is 5.73 Å². The molecular weight excluding hydrogens is 258 g/mol. The number of rotatable bonds is 2. The summed E-state index contributed by atoms with van der Waals surface area (Å²) in [4.78, 5) is 0. The van der Waals surface area contributed by atoms with E-state index in [2.05, 4.69) is 20.8 Å². The molecule has 2 saturated carbocycles. The van der Waals surface area contributed by atoms with Crippen LogP contribution in [0.15, 0.2) is 18.2 Å². The molecule has 2 aliphatic rings. The lowest BCUT2D eigenvalue weighted by molar-refractivity contribution is 0.0302. The fourth-order valence-corrected chi connectivity index (χ4v) is 4.31. The number of hydrogen-bond donors (Lipinski definition) is 1. The molecule has 1 aromatic rings. The smallest absolute Gasteiger partial charge is 0.138 e. The van der Waals surface area contributed by atoms with Gasteiger partial charge in [0.2, 0.25) is 0 Å². The second kappa shape index (κ2) is 4.05. The van der Waals surface area contributed by atoms with E-state index in [4.69, 9.17) is 22.1 Å². The van der Waals surface area contributed by atoms with Gasteiger partial charge < -0.3 is 10.5 Å². The van der Waals surface area contributed by atoms with Crippen molar-refractivity contribution < 1.29 is 4.74 Å². The Labute approximate surface area is 120 Å². The molecule has 2 nitrogen and oxygen atoms in total. The van der Waals surface area contributed by atoms with Crippen LogP contribution in [0.5, 0.6) is 5.75 Å². The molecule has 0 aliphatic heterocycles. The summed E-state index contributed by atoms with van der Waals surface area (Å²) in [6, 6.07) is 5.50. The van der Waals surface area contributed by atoms with Crippen molar-refractivity contribution >= 4 is 17.3 Å². The van der Waals surface area contributed by atoms with Gasteiger partial charge in [0.05, 0.1) is 5.02 Å². The average molecular weight is 280 g/mol. The summed E-state index contributed by atoms with van der Waals surface area (Å²) in [7, 11) is 0. The molecule has 0 heterocycles. The fourth-order valence-electron chi connectivity index (χ4n) is 4.07. The Morgan fingerprint density at radius 3 is 2.58 bits per heavy atom. The minimum Gasteiger partial charge on any atom is -0.488 e. The van der Waals surface area contributed by atoms with E-state index in [9.17, 15) is 0 Å². The van der Waals surface area contributed by atoms with Crippen molar-refractivity contribution in [2.45, 2.75) is 46.1 Å². The first kappa shape index (κ1) is 13.1. The Kier molecular flexibility index (Phi) is 2.79. The van der Waals surface area contributed by atoms with E-state index in [1.807, 2.05) is 12.1 Å². The summed E-state index contributed by atoms with van der Waals surface area (Å²) in [5.41, 5.74) is 7.01. The summed E-state index contributed by atoms with van der Waals surface area (Å²) in [5.74, 6) is 1.54. The van der Waals surface area contributed by atoms with Crippen LogP contribution in [0.4, 0.5) is 5.69 Å². The van der Waals surface area contributed by atoms with Crippen molar-refractivity contribution in [1.82, 2.24) is 0 Å². The summed E-state index contributed by atoms with van der Waals surface area (Å²) in [6.07, 6.45) is 3.99. The molecule has 0 amide bonds. The quantitative estimate of drug-likeness (QED) is 0.808. The SMILES string of the molecule is CC1(C)C2CCC1(C)C(Oc1ccc(N)cc1Cl)C2. The zero-order valence-electron chi connectivity index (χ0n) is 11.9. The molecular formula is C16H22ClNO. The highest BCUT2D eigenvalue weighted by Crippen LogP contribution is 2.66. The molecule has 2 fully saturated rings. The average Bonchev–Trinajstić information content (AvgIpc) is 2.65. The predicted octanol–water partition coefficient (Wildman–Crippen LogP) is 4.52. The van der Waals surface area contributed by atoms with Gasteiger partial charge in [0.25, 0.3) is 0 Å². The van der Waals surface area contributed by atoms with Gasteiger partial charge in [-0.3, -0.25) is 0 Å². The Morgan fingerprint density at radius 1 is 1.32 bits per heavy atom. The molecule has 2 N–H and O–H groups in total. The predicted molar refractivity (Wildman–Crippen MR) is 79.5 cm³/mol. The van der Waals surface area contributed by atoms with Gasteiger partial charge in [-0.1, -0.05) is 32.4 Å². The van der Waals surface area contributed by atoms with Crippen LogP contribution in [0.1, 0.15) is 40.0 Å². The molecule has 0 aromatic heterocycles. The Hall–Kier alpha value is -0.890. The number of ether oxygens (including phenoxy) is 1. The zero-order chi connectivity index (χ0) is 13.8. The third kappa shape index (κ3) is 1.76. The Morgan fingerprint density at radius 2 is 2.05 bits per heavy atom. The highest BCUT2D eigenvalue weighted by atomic mass is 35.5. The van der Waals surface area contributed by atoms with Crippen molar-refractivity contribution in [3.05, 3.63) is 23.2 Å². The van der Waals surface area contributed by atoms with E-state index in [1.54, 1.807) is 6.07 Å². The van der Waals surface area contributed by atoms with E-state index in [0.717, 1.165) is 18.1 Å². The highest BCUT2D eigenvalue weighted by molar-refractivity contribution is 6.32. The van der Waals surface area contributed by atoms with Crippen LogP contribution in [-0.4, -0.2) is 6.10 Å². The monoisotopic (exact) mass is 279 g/mol. The highest BCUT2D eigenvalue weighted by Gasteiger charge is 2.62. The normalized spacial score (nSPS) is 35.6. The van der Waals surface area contributed by atoms with E-state index < -0.39 is 0 Å². The van der Waals surface area contributed by atoms with Gasteiger partial charge in [0, 0.05) is 11.1 Å². The van der Waals surface area contributed by atoms with Gasteiger partial charge in [-0.15, -0.1) is 0 Å². The molecule has 0 saturated heterocycles. The van der Waals surface area contributed by atoms with Crippen LogP contribution in [0.25, 0.3) is 0 Å². The van der Waals surface area contributed by atoms with Crippen LogP contribution in [0, 0.1) is 16.7 Å². The van der Waals surface area contributed by atoms with E-state index in [-0.39, 0.29) is 11.5 Å². The fraction of sp³-hybridized carbons (Fsp3) is 0.625. The molecule has 2 bridgehead atoms. The second-order valence-electron chi connectivity index (χ2n) is 6.91. The zero-order valence-corrected chi connectivity index (χ0v) is 12.6. The molecule has 3 unspecified atom stereocenters. The van der Waals surface area contributed by atoms with Crippen molar-refractivity contribution in [2.24, 2.45) is 16.7 Å².